The van der Waals surface area contributed by atoms with Crippen LogP contribution in [-0.2, 0) is 16.0 Å². The van der Waals surface area contributed by atoms with E-state index in [1.165, 1.54) is 12.1 Å². The van der Waals surface area contributed by atoms with Crippen molar-refractivity contribution in [3.8, 4) is 5.75 Å². The highest BCUT2D eigenvalue weighted by Crippen LogP contribution is 2.31. The summed E-state index contributed by atoms with van der Waals surface area (Å²) >= 11 is 0. The number of amidine groups is 1. The number of rotatable bonds is 6. The van der Waals surface area contributed by atoms with Gasteiger partial charge in [-0.15, -0.1) is 12.4 Å². The minimum Gasteiger partial charge on any atom is -0.490 e. The number of benzene rings is 2. The minimum absolute atomic E-state index is 0. The number of hydrogen-bond donors (Lipinski definition) is 3. The predicted molar refractivity (Wildman–Crippen MR) is 113 cm³/mol. The van der Waals surface area contributed by atoms with Gasteiger partial charge in [0, 0.05) is 11.3 Å². The molecule has 0 saturated carbocycles. The molecule has 9 heteroatoms. The molecule has 0 aliphatic carbocycles. The topological polar surface area (TPSA) is 114 Å². The Balaban J connectivity index is 0.00000320. The normalized spacial score (nSPS) is 14.5. The number of carbonyl (C=O) groups is 2. The number of carbonyl (C=O) groups excluding carboxylic acids is 2. The average Bonchev–Trinajstić information content (AvgIpc) is 2.68. The third-order valence-corrected chi connectivity index (χ3v) is 4.57. The molecule has 1 unspecified atom stereocenters. The second-order valence-corrected chi connectivity index (χ2v) is 6.67. The highest BCUT2D eigenvalue weighted by atomic mass is 35.5. The van der Waals surface area contributed by atoms with Gasteiger partial charge in [0.2, 0.25) is 0 Å². The van der Waals surface area contributed by atoms with Crippen molar-refractivity contribution in [1.29, 1.82) is 5.41 Å². The van der Waals surface area contributed by atoms with E-state index < -0.39 is 11.7 Å². The average molecular weight is 436 g/mol. The highest BCUT2D eigenvalue weighted by Gasteiger charge is 2.23. The van der Waals surface area contributed by atoms with Gasteiger partial charge in [-0.3, -0.25) is 15.0 Å². The van der Waals surface area contributed by atoms with E-state index in [1.807, 2.05) is 0 Å². The van der Waals surface area contributed by atoms with Crippen LogP contribution in [0.25, 0.3) is 0 Å². The number of nitrogens with two attached hydrogens (primary N) is 1. The molecule has 0 radical (unpaired) electrons. The molecule has 160 valence electrons. The van der Waals surface area contributed by atoms with Gasteiger partial charge in [0.1, 0.15) is 23.5 Å². The summed E-state index contributed by atoms with van der Waals surface area (Å²) in [5, 5.41) is 9.99. The molecule has 2 aromatic carbocycles. The van der Waals surface area contributed by atoms with Gasteiger partial charge in [0.15, 0.2) is 0 Å². The van der Waals surface area contributed by atoms with Crippen molar-refractivity contribution >= 4 is 35.8 Å². The summed E-state index contributed by atoms with van der Waals surface area (Å²) in [5.74, 6) is -1.26. The molecule has 3 rings (SSSR count). The van der Waals surface area contributed by atoms with Crippen LogP contribution in [0.4, 0.5) is 10.1 Å². The molecule has 1 heterocycles. The van der Waals surface area contributed by atoms with E-state index in [1.54, 1.807) is 25.1 Å². The molecule has 2 aromatic rings. The van der Waals surface area contributed by atoms with E-state index in [0.717, 1.165) is 11.6 Å². The van der Waals surface area contributed by atoms with Crippen LogP contribution >= 0.6 is 12.4 Å². The second kappa shape index (κ2) is 10.1. The lowest BCUT2D eigenvalue weighted by atomic mass is 10.00. The first-order valence-electron chi connectivity index (χ1n) is 9.28. The standard InChI is InChI=1S/C21H22FN3O4.ClH/c1-2-28-19(26)11-15-6-3-12-9-14(5-8-18(12)29-15)25-21(27)16-7-4-13(20(23)24)10-17(16)22;/h4-5,7-10,15H,2-3,6,11H2,1H3,(H3,23,24)(H,25,27);1H. The predicted octanol–water partition coefficient (Wildman–Crippen LogP) is 3.43. The quantitative estimate of drug-likeness (QED) is 0.365. The van der Waals surface area contributed by atoms with E-state index in [-0.39, 0.29) is 47.9 Å². The van der Waals surface area contributed by atoms with E-state index >= 15 is 0 Å². The summed E-state index contributed by atoms with van der Waals surface area (Å²) in [5.41, 5.74) is 6.81. The van der Waals surface area contributed by atoms with Crippen molar-refractivity contribution in [3.63, 3.8) is 0 Å². The number of ether oxygens (including phenoxy) is 2. The van der Waals surface area contributed by atoms with E-state index in [0.29, 0.717) is 30.9 Å². The molecule has 1 aliphatic heterocycles. The van der Waals surface area contributed by atoms with Crippen molar-refractivity contribution in [3.05, 3.63) is 58.9 Å². The molecule has 30 heavy (non-hydrogen) atoms. The molecule has 4 N–H and O–H groups in total. The van der Waals surface area contributed by atoms with E-state index in [2.05, 4.69) is 5.32 Å². The van der Waals surface area contributed by atoms with Gasteiger partial charge >= 0.3 is 5.97 Å². The Kier molecular flexibility index (Phi) is 7.77. The minimum atomic E-state index is -0.752. The van der Waals surface area contributed by atoms with E-state index in [9.17, 15) is 14.0 Å². The molecule has 0 saturated heterocycles. The number of aryl methyl sites for hydroxylation is 1. The summed E-state index contributed by atoms with van der Waals surface area (Å²) in [7, 11) is 0. The van der Waals surface area contributed by atoms with Crippen LogP contribution in [0, 0.1) is 11.2 Å². The Morgan fingerprint density at radius 3 is 2.73 bits per heavy atom. The lowest BCUT2D eigenvalue weighted by molar-refractivity contribution is -0.145. The molecule has 1 aliphatic rings. The summed E-state index contributed by atoms with van der Waals surface area (Å²) in [6.07, 6.45) is 1.30. The van der Waals surface area contributed by atoms with Crippen LogP contribution in [0.15, 0.2) is 36.4 Å². The Morgan fingerprint density at radius 2 is 2.07 bits per heavy atom. The maximum Gasteiger partial charge on any atom is 0.309 e. The third-order valence-electron chi connectivity index (χ3n) is 4.57. The van der Waals surface area contributed by atoms with Gasteiger partial charge < -0.3 is 20.5 Å². The summed E-state index contributed by atoms with van der Waals surface area (Å²) in [6.45, 7) is 2.09. The Labute approximate surface area is 179 Å². The number of amides is 1. The van der Waals surface area contributed by atoms with Crippen molar-refractivity contribution in [2.75, 3.05) is 11.9 Å². The first kappa shape index (κ1) is 23.2. The largest absolute Gasteiger partial charge is 0.490 e. The molecular weight excluding hydrogens is 413 g/mol. The molecule has 0 fully saturated rings. The number of nitrogen functional groups attached to an aromatic ring is 1. The lowest BCUT2D eigenvalue weighted by Crippen LogP contribution is -2.26. The number of nitrogens with one attached hydrogen (secondary N) is 2. The molecule has 7 nitrogen and oxygen atoms in total. The van der Waals surface area contributed by atoms with Crippen molar-refractivity contribution < 1.29 is 23.5 Å². The zero-order valence-corrected chi connectivity index (χ0v) is 17.2. The lowest BCUT2D eigenvalue weighted by Gasteiger charge is -2.26. The van der Waals surface area contributed by atoms with Crippen LogP contribution in [0.1, 0.15) is 41.3 Å². The molecule has 0 bridgehead atoms. The van der Waals surface area contributed by atoms with Crippen molar-refractivity contribution in [2.24, 2.45) is 5.73 Å². The fraction of sp³-hybridized carbons (Fsp3) is 0.286. The number of esters is 1. The van der Waals surface area contributed by atoms with Gasteiger partial charge in [-0.1, -0.05) is 6.07 Å². The van der Waals surface area contributed by atoms with Crippen molar-refractivity contribution in [1.82, 2.24) is 0 Å². The smallest absolute Gasteiger partial charge is 0.309 e. The van der Waals surface area contributed by atoms with Crippen LogP contribution in [0.5, 0.6) is 5.75 Å². The number of halogens is 2. The van der Waals surface area contributed by atoms with Gasteiger partial charge in [-0.2, -0.15) is 0 Å². The molecular formula is C21H23ClFN3O4. The maximum absolute atomic E-state index is 14.2. The van der Waals surface area contributed by atoms with Crippen LogP contribution in [0.3, 0.4) is 0 Å². The number of hydrogen-bond acceptors (Lipinski definition) is 5. The third kappa shape index (κ3) is 5.48. The molecule has 0 aromatic heterocycles. The summed E-state index contributed by atoms with van der Waals surface area (Å²) < 4.78 is 25.0. The molecule has 1 atom stereocenters. The van der Waals surface area contributed by atoms with Gasteiger partial charge in [0.25, 0.3) is 5.91 Å². The fourth-order valence-corrected chi connectivity index (χ4v) is 3.14. The molecule has 1 amide bonds. The van der Waals surface area contributed by atoms with Crippen molar-refractivity contribution in [2.45, 2.75) is 32.3 Å². The fourth-order valence-electron chi connectivity index (χ4n) is 3.14. The Bertz CT molecular complexity index is 967. The number of fused-ring (bicyclic) bond motifs is 1. The first-order valence-corrected chi connectivity index (χ1v) is 9.28. The Morgan fingerprint density at radius 1 is 1.30 bits per heavy atom. The summed E-state index contributed by atoms with van der Waals surface area (Å²) in [4.78, 5) is 24.0. The summed E-state index contributed by atoms with van der Waals surface area (Å²) in [6, 6.07) is 8.92. The zero-order valence-electron chi connectivity index (χ0n) is 16.4. The van der Waals surface area contributed by atoms with Gasteiger partial charge in [-0.05, 0) is 55.7 Å². The number of anilines is 1. The van der Waals surface area contributed by atoms with Crippen LogP contribution in [0.2, 0.25) is 0 Å². The second-order valence-electron chi connectivity index (χ2n) is 6.67. The van der Waals surface area contributed by atoms with Crippen LogP contribution < -0.4 is 15.8 Å². The molecule has 0 spiro atoms. The SMILES string of the molecule is CCOC(=O)CC1CCc2cc(NC(=O)c3ccc(C(=N)N)cc3F)ccc2O1.Cl. The first-order chi connectivity index (χ1) is 13.9. The van der Waals surface area contributed by atoms with E-state index in [4.69, 9.17) is 20.6 Å². The maximum atomic E-state index is 14.2. The Hall–Kier alpha value is -3.13. The zero-order chi connectivity index (χ0) is 21.0. The monoisotopic (exact) mass is 435 g/mol. The highest BCUT2D eigenvalue weighted by molar-refractivity contribution is 6.05. The van der Waals surface area contributed by atoms with Gasteiger partial charge in [0.05, 0.1) is 18.6 Å². The van der Waals surface area contributed by atoms with Gasteiger partial charge in [-0.25, -0.2) is 4.39 Å². The van der Waals surface area contributed by atoms with Crippen LogP contribution in [-0.4, -0.2) is 30.4 Å².